The summed E-state index contributed by atoms with van der Waals surface area (Å²) in [4.78, 5) is 13.7. The number of nitrogens with one attached hydrogen (secondary N) is 1. The van der Waals surface area contributed by atoms with Crippen LogP contribution in [0.3, 0.4) is 0 Å². The van der Waals surface area contributed by atoms with Gasteiger partial charge in [-0.1, -0.05) is 20.8 Å². The molecule has 0 radical (unpaired) electrons. The van der Waals surface area contributed by atoms with E-state index in [4.69, 9.17) is 5.73 Å². The highest BCUT2D eigenvalue weighted by Gasteiger charge is 2.45. The van der Waals surface area contributed by atoms with Gasteiger partial charge >= 0.3 is 0 Å². The van der Waals surface area contributed by atoms with Gasteiger partial charge in [0.25, 0.3) is 0 Å². The predicted octanol–water partition coefficient (Wildman–Crippen LogP) is 4.49. The SMILES string of the molecule is CCC(=O)c1sc(NCC2(C(C)C)CC2)c(SC)c1N. The van der Waals surface area contributed by atoms with Gasteiger partial charge in [-0.2, -0.15) is 0 Å². The Morgan fingerprint density at radius 1 is 1.50 bits per heavy atom. The lowest BCUT2D eigenvalue weighted by atomic mass is 9.92. The molecule has 5 heteroatoms. The van der Waals surface area contributed by atoms with Gasteiger partial charge in [0.2, 0.25) is 0 Å². The van der Waals surface area contributed by atoms with Crippen molar-refractivity contribution in [2.24, 2.45) is 11.3 Å². The zero-order valence-electron chi connectivity index (χ0n) is 12.7. The third kappa shape index (κ3) is 2.84. The van der Waals surface area contributed by atoms with Gasteiger partial charge in [-0.25, -0.2) is 0 Å². The van der Waals surface area contributed by atoms with Crippen molar-refractivity contribution in [2.75, 3.05) is 23.9 Å². The van der Waals surface area contributed by atoms with E-state index in [1.807, 2.05) is 13.2 Å². The highest BCUT2D eigenvalue weighted by Crippen LogP contribution is 2.52. The summed E-state index contributed by atoms with van der Waals surface area (Å²) in [5, 5.41) is 4.62. The van der Waals surface area contributed by atoms with Crippen molar-refractivity contribution < 1.29 is 4.79 Å². The zero-order valence-corrected chi connectivity index (χ0v) is 14.3. The second-order valence-electron chi connectivity index (χ2n) is 5.85. The average Bonchev–Trinajstić information content (AvgIpc) is 3.15. The van der Waals surface area contributed by atoms with Crippen molar-refractivity contribution in [1.29, 1.82) is 0 Å². The van der Waals surface area contributed by atoms with Crippen molar-refractivity contribution in [3.63, 3.8) is 0 Å². The molecule has 1 aromatic heterocycles. The molecule has 0 amide bonds. The molecule has 0 unspecified atom stereocenters. The Labute approximate surface area is 129 Å². The summed E-state index contributed by atoms with van der Waals surface area (Å²) >= 11 is 3.14. The number of carbonyl (C=O) groups is 1. The quantitative estimate of drug-likeness (QED) is 0.575. The zero-order chi connectivity index (χ0) is 14.9. The van der Waals surface area contributed by atoms with Gasteiger partial charge in [0.1, 0.15) is 5.00 Å². The van der Waals surface area contributed by atoms with E-state index in [0.29, 0.717) is 28.3 Å². The van der Waals surface area contributed by atoms with Crippen LogP contribution in [0.25, 0.3) is 0 Å². The Morgan fingerprint density at radius 2 is 2.15 bits per heavy atom. The largest absolute Gasteiger partial charge is 0.396 e. The molecule has 1 aliphatic carbocycles. The van der Waals surface area contributed by atoms with E-state index in [9.17, 15) is 4.79 Å². The molecule has 0 saturated heterocycles. The number of ketones is 1. The summed E-state index contributed by atoms with van der Waals surface area (Å²) in [6, 6.07) is 0. The lowest BCUT2D eigenvalue weighted by molar-refractivity contribution is 0.0992. The molecule has 0 bridgehead atoms. The van der Waals surface area contributed by atoms with Crippen LogP contribution in [0.4, 0.5) is 10.7 Å². The summed E-state index contributed by atoms with van der Waals surface area (Å²) in [5.41, 5.74) is 7.24. The number of hydrogen-bond acceptors (Lipinski definition) is 5. The molecule has 1 aromatic rings. The van der Waals surface area contributed by atoms with Crippen molar-refractivity contribution in [2.45, 2.75) is 44.9 Å². The summed E-state index contributed by atoms with van der Waals surface area (Å²) in [7, 11) is 0. The second-order valence-corrected chi connectivity index (χ2v) is 7.69. The van der Waals surface area contributed by atoms with Gasteiger partial charge in [0.15, 0.2) is 5.78 Å². The number of Topliss-reactive ketones (excluding diaryl/α,β-unsaturated/α-hetero) is 1. The molecule has 112 valence electrons. The Bertz CT molecular complexity index is 504. The first kappa shape index (κ1) is 15.7. The van der Waals surface area contributed by atoms with Gasteiger partial charge in [-0.05, 0) is 30.4 Å². The topological polar surface area (TPSA) is 55.1 Å². The van der Waals surface area contributed by atoms with E-state index < -0.39 is 0 Å². The third-order valence-corrected chi connectivity index (χ3v) is 6.56. The van der Waals surface area contributed by atoms with Crippen LogP contribution in [0.15, 0.2) is 4.90 Å². The lowest BCUT2D eigenvalue weighted by Gasteiger charge is -2.20. The molecule has 0 aromatic carbocycles. The number of nitrogen functional groups attached to an aromatic ring is 1. The van der Waals surface area contributed by atoms with Crippen LogP contribution in [0.5, 0.6) is 0 Å². The third-order valence-electron chi connectivity index (χ3n) is 4.40. The smallest absolute Gasteiger partial charge is 0.174 e. The van der Waals surface area contributed by atoms with Crippen molar-refractivity contribution in [1.82, 2.24) is 0 Å². The number of nitrogens with two attached hydrogens (primary N) is 1. The van der Waals surface area contributed by atoms with Crippen LogP contribution >= 0.6 is 23.1 Å². The standard InChI is InChI=1S/C15H24N2OS2/c1-5-10(18)12-11(16)13(19-4)14(20-12)17-8-15(6-7-15)9(2)3/h9,17H,5-8,16H2,1-4H3. The number of carbonyl (C=O) groups excluding carboxylic acids is 1. The summed E-state index contributed by atoms with van der Waals surface area (Å²) < 4.78 is 0. The van der Waals surface area contributed by atoms with Gasteiger partial charge in [-0.15, -0.1) is 23.1 Å². The molecule has 1 fully saturated rings. The maximum absolute atomic E-state index is 11.9. The summed E-state index contributed by atoms with van der Waals surface area (Å²) in [6.45, 7) is 7.45. The van der Waals surface area contributed by atoms with E-state index in [1.165, 1.54) is 24.2 Å². The first-order chi connectivity index (χ1) is 9.45. The van der Waals surface area contributed by atoms with Crippen LogP contribution in [-0.4, -0.2) is 18.6 Å². The van der Waals surface area contributed by atoms with E-state index in [1.54, 1.807) is 11.8 Å². The minimum absolute atomic E-state index is 0.140. The molecule has 20 heavy (non-hydrogen) atoms. The van der Waals surface area contributed by atoms with Crippen molar-refractivity contribution in [3.8, 4) is 0 Å². The highest BCUT2D eigenvalue weighted by atomic mass is 32.2. The first-order valence-electron chi connectivity index (χ1n) is 7.18. The van der Waals surface area contributed by atoms with E-state index in [0.717, 1.165) is 16.4 Å². The number of hydrogen-bond donors (Lipinski definition) is 2. The highest BCUT2D eigenvalue weighted by molar-refractivity contribution is 7.99. The fraction of sp³-hybridized carbons (Fsp3) is 0.667. The predicted molar refractivity (Wildman–Crippen MR) is 90.1 cm³/mol. The van der Waals surface area contributed by atoms with E-state index in [2.05, 4.69) is 19.2 Å². The maximum Gasteiger partial charge on any atom is 0.174 e. The molecule has 0 atom stereocenters. The Kier molecular flexibility index (Phi) is 4.69. The van der Waals surface area contributed by atoms with Crippen LogP contribution in [0.1, 0.15) is 49.7 Å². The monoisotopic (exact) mass is 312 g/mol. The molecule has 1 heterocycles. The maximum atomic E-state index is 11.9. The van der Waals surface area contributed by atoms with E-state index in [-0.39, 0.29) is 5.78 Å². The van der Waals surface area contributed by atoms with Crippen molar-refractivity contribution >= 4 is 39.6 Å². The van der Waals surface area contributed by atoms with Gasteiger partial charge in [0, 0.05) is 13.0 Å². The number of thioether (sulfide) groups is 1. The number of thiophene rings is 1. The molecule has 0 spiro atoms. The molecule has 1 saturated carbocycles. The van der Waals surface area contributed by atoms with Crippen LogP contribution in [0, 0.1) is 11.3 Å². The second kappa shape index (κ2) is 5.98. The molecular formula is C15H24N2OS2. The Balaban J connectivity index is 2.17. The van der Waals surface area contributed by atoms with Crippen LogP contribution < -0.4 is 11.1 Å². The average molecular weight is 313 g/mol. The van der Waals surface area contributed by atoms with E-state index >= 15 is 0 Å². The molecule has 3 N–H and O–H groups in total. The van der Waals surface area contributed by atoms with Crippen molar-refractivity contribution in [3.05, 3.63) is 4.88 Å². The molecular weight excluding hydrogens is 288 g/mol. The lowest BCUT2D eigenvalue weighted by Crippen LogP contribution is -2.20. The summed E-state index contributed by atoms with van der Waals surface area (Å²) in [5.74, 6) is 0.836. The fourth-order valence-corrected chi connectivity index (χ4v) is 4.53. The molecule has 3 nitrogen and oxygen atoms in total. The number of anilines is 2. The fourth-order valence-electron chi connectivity index (χ4n) is 2.49. The van der Waals surface area contributed by atoms with Gasteiger partial charge in [-0.3, -0.25) is 4.79 Å². The first-order valence-corrected chi connectivity index (χ1v) is 9.22. The molecule has 2 rings (SSSR count). The minimum atomic E-state index is 0.140. The van der Waals surface area contributed by atoms with Gasteiger partial charge in [0.05, 0.1) is 15.5 Å². The van der Waals surface area contributed by atoms with Gasteiger partial charge < -0.3 is 11.1 Å². The Morgan fingerprint density at radius 3 is 2.60 bits per heavy atom. The van der Waals surface area contributed by atoms with Crippen LogP contribution in [0.2, 0.25) is 0 Å². The Hall–Kier alpha value is -0.680. The van der Waals surface area contributed by atoms with Crippen LogP contribution in [-0.2, 0) is 0 Å². The number of rotatable bonds is 7. The molecule has 1 aliphatic rings. The summed E-state index contributed by atoms with van der Waals surface area (Å²) in [6.07, 6.45) is 5.12. The molecule has 0 aliphatic heterocycles. The normalized spacial score (nSPS) is 16.4. The minimum Gasteiger partial charge on any atom is -0.396 e.